The molecule has 3 rings (SSSR count). The Balaban J connectivity index is 1.68. The van der Waals surface area contributed by atoms with Crippen LogP contribution in [0.15, 0.2) is 66.3 Å². The molecule has 140 valence electrons. The molecule has 2 N–H and O–H groups in total. The Kier molecular flexibility index (Phi) is 6.40. The number of aromatic nitrogens is 3. The number of imidazole rings is 1. The van der Waals surface area contributed by atoms with E-state index in [1.807, 2.05) is 54.1 Å². The van der Waals surface area contributed by atoms with E-state index in [2.05, 4.69) is 25.6 Å². The van der Waals surface area contributed by atoms with Crippen LogP contribution in [0.1, 0.15) is 18.1 Å². The summed E-state index contributed by atoms with van der Waals surface area (Å²) < 4.78 is 7.27. The van der Waals surface area contributed by atoms with Gasteiger partial charge < -0.3 is 15.4 Å². The maximum Gasteiger partial charge on any atom is 0.191 e. The normalized spacial score (nSPS) is 11.3. The van der Waals surface area contributed by atoms with Crippen molar-refractivity contribution < 1.29 is 4.74 Å². The van der Waals surface area contributed by atoms with Gasteiger partial charge in [-0.1, -0.05) is 18.2 Å². The van der Waals surface area contributed by atoms with Crippen molar-refractivity contribution in [2.45, 2.75) is 20.0 Å². The maximum atomic E-state index is 5.40. The fourth-order valence-corrected chi connectivity index (χ4v) is 2.63. The first-order valence-corrected chi connectivity index (χ1v) is 8.87. The molecule has 0 aliphatic carbocycles. The lowest BCUT2D eigenvalue weighted by Crippen LogP contribution is -2.36. The minimum atomic E-state index is 0.547. The van der Waals surface area contributed by atoms with Crippen molar-refractivity contribution in [2.75, 3.05) is 13.7 Å². The smallest absolute Gasteiger partial charge is 0.191 e. The molecule has 2 heterocycles. The summed E-state index contributed by atoms with van der Waals surface area (Å²) in [6, 6.07) is 11.9. The van der Waals surface area contributed by atoms with Crippen LogP contribution in [0.4, 0.5) is 0 Å². The second-order valence-electron chi connectivity index (χ2n) is 5.85. The summed E-state index contributed by atoms with van der Waals surface area (Å²) in [4.78, 5) is 13.1. The highest BCUT2D eigenvalue weighted by atomic mass is 16.5. The van der Waals surface area contributed by atoms with Crippen LogP contribution in [-0.4, -0.2) is 34.1 Å². The van der Waals surface area contributed by atoms with Crippen molar-refractivity contribution in [3.05, 3.63) is 72.4 Å². The molecular weight excluding hydrogens is 340 g/mol. The number of ether oxygens (including phenoxy) is 1. The molecule has 0 atom stereocenters. The number of hydrogen-bond donors (Lipinski definition) is 2. The number of methoxy groups -OCH3 is 1. The SMILES string of the molecule is CCNC(=NCc1ccnc(-n2ccnc2)c1)NCc1ccccc1OC. The number of pyridine rings is 1. The molecule has 0 saturated carbocycles. The lowest BCUT2D eigenvalue weighted by molar-refractivity contribution is 0.409. The molecule has 0 saturated heterocycles. The number of aliphatic imine (C=N–C) groups is 1. The van der Waals surface area contributed by atoms with Gasteiger partial charge in [-0.15, -0.1) is 0 Å². The molecule has 0 radical (unpaired) electrons. The van der Waals surface area contributed by atoms with Gasteiger partial charge in [0, 0.05) is 37.2 Å². The van der Waals surface area contributed by atoms with E-state index in [-0.39, 0.29) is 0 Å². The third-order valence-corrected chi connectivity index (χ3v) is 3.98. The lowest BCUT2D eigenvalue weighted by atomic mass is 10.2. The number of para-hydroxylation sites is 1. The summed E-state index contributed by atoms with van der Waals surface area (Å²) >= 11 is 0. The van der Waals surface area contributed by atoms with E-state index in [0.29, 0.717) is 13.1 Å². The quantitative estimate of drug-likeness (QED) is 0.498. The molecule has 27 heavy (non-hydrogen) atoms. The molecule has 0 spiro atoms. The Morgan fingerprint density at radius 1 is 1.19 bits per heavy atom. The Labute approximate surface area is 159 Å². The van der Waals surface area contributed by atoms with Crippen LogP contribution in [0.25, 0.3) is 5.82 Å². The standard InChI is InChI=1S/C20H24N6O/c1-3-22-20(25-14-17-6-4-5-7-18(17)27-2)24-13-16-8-9-23-19(12-16)26-11-10-21-15-26/h4-12,15H,3,13-14H2,1-2H3,(H2,22,24,25). The molecule has 7 heteroatoms. The van der Waals surface area contributed by atoms with Crippen molar-refractivity contribution in [3.63, 3.8) is 0 Å². The van der Waals surface area contributed by atoms with Gasteiger partial charge in [-0.2, -0.15) is 0 Å². The first-order chi connectivity index (χ1) is 13.3. The van der Waals surface area contributed by atoms with Gasteiger partial charge in [0.2, 0.25) is 0 Å². The fourth-order valence-electron chi connectivity index (χ4n) is 2.63. The highest BCUT2D eigenvalue weighted by Gasteiger charge is 2.04. The number of nitrogens with one attached hydrogen (secondary N) is 2. The summed E-state index contributed by atoms with van der Waals surface area (Å²) in [7, 11) is 1.68. The minimum Gasteiger partial charge on any atom is -0.496 e. The molecule has 1 aromatic carbocycles. The summed E-state index contributed by atoms with van der Waals surface area (Å²) in [5.74, 6) is 2.44. The van der Waals surface area contributed by atoms with Crippen molar-refractivity contribution in [1.82, 2.24) is 25.2 Å². The largest absolute Gasteiger partial charge is 0.496 e. The molecule has 0 fully saturated rings. The Morgan fingerprint density at radius 2 is 2.07 bits per heavy atom. The van der Waals surface area contributed by atoms with E-state index in [1.54, 1.807) is 25.8 Å². The highest BCUT2D eigenvalue weighted by molar-refractivity contribution is 5.79. The average Bonchev–Trinajstić information content (AvgIpc) is 3.25. The maximum absolute atomic E-state index is 5.40. The van der Waals surface area contributed by atoms with E-state index in [0.717, 1.165) is 35.2 Å². The number of benzene rings is 1. The predicted molar refractivity (Wildman–Crippen MR) is 106 cm³/mol. The molecular formula is C20H24N6O. The summed E-state index contributed by atoms with van der Waals surface area (Å²) in [5, 5.41) is 6.62. The molecule has 7 nitrogen and oxygen atoms in total. The number of rotatable bonds is 7. The van der Waals surface area contributed by atoms with E-state index in [4.69, 9.17) is 4.74 Å². The number of nitrogens with zero attached hydrogens (tertiary/aromatic N) is 4. The zero-order chi connectivity index (χ0) is 18.9. The third-order valence-electron chi connectivity index (χ3n) is 3.98. The van der Waals surface area contributed by atoms with Crippen molar-refractivity contribution in [1.29, 1.82) is 0 Å². The zero-order valence-electron chi connectivity index (χ0n) is 15.6. The lowest BCUT2D eigenvalue weighted by Gasteiger charge is -2.13. The van der Waals surface area contributed by atoms with Crippen molar-refractivity contribution in [2.24, 2.45) is 4.99 Å². The Bertz CT molecular complexity index is 876. The zero-order valence-corrected chi connectivity index (χ0v) is 15.6. The average molecular weight is 364 g/mol. The Morgan fingerprint density at radius 3 is 2.85 bits per heavy atom. The van der Waals surface area contributed by atoms with Crippen LogP contribution < -0.4 is 15.4 Å². The van der Waals surface area contributed by atoms with Crippen molar-refractivity contribution >= 4 is 5.96 Å². The predicted octanol–water partition coefficient (Wildman–Crippen LogP) is 2.53. The third kappa shape index (κ3) is 5.07. The van der Waals surface area contributed by atoms with Crippen LogP contribution in [0.2, 0.25) is 0 Å². The summed E-state index contributed by atoms with van der Waals surface area (Å²) in [6.45, 7) is 4.01. The van der Waals surface area contributed by atoms with Gasteiger partial charge >= 0.3 is 0 Å². The van der Waals surface area contributed by atoms with Crippen LogP contribution in [0, 0.1) is 0 Å². The minimum absolute atomic E-state index is 0.547. The van der Waals surface area contributed by atoms with Crippen LogP contribution in [0.3, 0.4) is 0 Å². The van der Waals surface area contributed by atoms with Crippen LogP contribution in [-0.2, 0) is 13.1 Å². The Hall–Kier alpha value is -3.35. The van der Waals surface area contributed by atoms with E-state index >= 15 is 0 Å². The fraction of sp³-hybridized carbons (Fsp3) is 0.250. The second-order valence-corrected chi connectivity index (χ2v) is 5.85. The van der Waals surface area contributed by atoms with Gasteiger partial charge in [-0.3, -0.25) is 4.57 Å². The van der Waals surface area contributed by atoms with E-state index in [9.17, 15) is 0 Å². The molecule has 3 aromatic rings. The topological polar surface area (TPSA) is 76.4 Å². The van der Waals surface area contributed by atoms with Gasteiger partial charge in [-0.25, -0.2) is 15.0 Å². The molecule has 0 unspecified atom stereocenters. The molecule has 0 amide bonds. The molecule has 2 aromatic heterocycles. The van der Waals surface area contributed by atoms with Gasteiger partial charge in [0.25, 0.3) is 0 Å². The van der Waals surface area contributed by atoms with Gasteiger partial charge in [-0.05, 0) is 30.7 Å². The molecule has 0 aliphatic heterocycles. The highest BCUT2D eigenvalue weighted by Crippen LogP contribution is 2.16. The van der Waals surface area contributed by atoms with E-state index in [1.165, 1.54) is 0 Å². The number of guanidine groups is 1. The second kappa shape index (κ2) is 9.38. The van der Waals surface area contributed by atoms with Crippen LogP contribution >= 0.6 is 0 Å². The first-order valence-electron chi connectivity index (χ1n) is 8.87. The number of hydrogen-bond acceptors (Lipinski definition) is 4. The van der Waals surface area contributed by atoms with Gasteiger partial charge in [0.05, 0.1) is 13.7 Å². The summed E-state index contributed by atoms with van der Waals surface area (Å²) in [6.07, 6.45) is 7.12. The first kappa shape index (κ1) is 18.4. The van der Waals surface area contributed by atoms with Gasteiger partial charge in [0.1, 0.15) is 17.9 Å². The molecule has 0 bridgehead atoms. The molecule has 0 aliphatic rings. The summed E-state index contributed by atoms with van der Waals surface area (Å²) in [5.41, 5.74) is 2.15. The van der Waals surface area contributed by atoms with E-state index < -0.39 is 0 Å². The van der Waals surface area contributed by atoms with Gasteiger partial charge in [0.15, 0.2) is 5.96 Å². The van der Waals surface area contributed by atoms with Crippen molar-refractivity contribution in [3.8, 4) is 11.6 Å². The monoisotopic (exact) mass is 364 g/mol. The van der Waals surface area contributed by atoms with Crippen LogP contribution in [0.5, 0.6) is 5.75 Å².